The summed E-state index contributed by atoms with van der Waals surface area (Å²) in [5.74, 6) is -0.969. The van der Waals surface area contributed by atoms with E-state index in [4.69, 9.17) is 4.74 Å². The summed E-state index contributed by atoms with van der Waals surface area (Å²) in [5.41, 5.74) is 0.422. The van der Waals surface area contributed by atoms with Crippen molar-refractivity contribution >= 4 is 40.6 Å². The van der Waals surface area contributed by atoms with Crippen LogP contribution in [0.4, 0.5) is 20.6 Å². The van der Waals surface area contributed by atoms with Gasteiger partial charge in [0.05, 0.1) is 18.7 Å². The van der Waals surface area contributed by atoms with Crippen LogP contribution in [-0.2, 0) is 20.7 Å². The Morgan fingerprint density at radius 1 is 1.28 bits per heavy atom. The minimum atomic E-state index is -0.617. The highest BCUT2D eigenvalue weighted by Crippen LogP contribution is 2.27. The number of hydrogen-bond acceptors (Lipinski definition) is 5. The molecule has 0 saturated carbocycles. The number of halogens is 1. The summed E-state index contributed by atoms with van der Waals surface area (Å²) in [6, 6.07) is 7.27. The molecule has 3 heterocycles. The van der Waals surface area contributed by atoms with Crippen molar-refractivity contribution in [2.45, 2.75) is 25.3 Å². The Labute approximate surface area is 171 Å². The lowest BCUT2D eigenvalue weighted by Gasteiger charge is -2.24. The third-order valence-corrected chi connectivity index (χ3v) is 5.92. The number of carbonyl (C=O) groups is 3. The minimum Gasteiger partial charge on any atom is -0.447 e. The fraction of sp³-hybridized carbons (Fsp3) is 0.350. The molecule has 0 aliphatic carbocycles. The normalized spacial score (nSPS) is 18.8. The zero-order chi connectivity index (χ0) is 20.4. The summed E-state index contributed by atoms with van der Waals surface area (Å²) in [6.45, 7) is 0.982. The quantitative estimate of drug-likeness (QED) is 0.811. The Bertz CT molecular complexity index is 934. The van der Waals surface area contributed by atoms with Crippen molar-refractivity contribution in [3.63, 3.8) is 0 Å². The number of carbonyl (C=O) groups excluding carboxylic acids is 3. The molecule has 2 fully saturated rings. The van der Waals surface area contributed by atoms with Crippen LogP contribution in [0.3, 0.4) is 0 Å². The average Bonchev–Trinajstić information content (AvgIpc) is 3.44. The first-order valence-electron chi connectivity index (χ1n) is 9.39. The Morgan fingerprint density at radius 3 is 2.86 bits per heavy atom. The van der Waals surface area contributed by atoms with Gasteiger partial charge in [0.1, 0.15) is 18.5 Å². The van der Waals surface area contributed by atoms with E-state index in [-0.39, 0.29) is 37.1 Å². The van der Waals surface area contributed by atoms with Gasteiger partial charge in [-0.15, -0.1) is 11.3 Å². The van der Waals surface area contributed by atoms with Crippen LogP contribution in [0.15, 0.2) is 35.7 Å². The van der Waals surface area contributed by atoms with Crippen LogP contribution < -0.4 is 10.2 Å². The monoisotopic (exact) mass is 417 g/mol. The number of benzene rings is 1. The van der Waals surface area contributed by atoms with E-state index in [0.29, 0.717) is 18.7 Å². The number of ether oxygens (including phenoxy) is 1. The summed E-state index contributed by atoms with van der Waals surface area (Å²) >= 11 is 1.51. The lowest BCUT2D eigenvalue weighted by atomic mass is 10.1. The third-order valence-electron chi connectivity index (χ3n) is 5.05. The molecule has 29 heavy (non-hydrogen) atoms. The topological polar surface area (TPSA) is 79.0 Å². The van der Waals surface area contributed by atoms with Crippen LogP contribution in [0.2, 0.25) is 0 Å². The van der Waals surface area contributed by atoms with E-state index >= 15 is 0 Å². The van der Waals surface area contributed by atoms with Crippen LogP contribution in [0.25, 0.3) is 0 Å². The average molecular weight is 417 g/mol. The maximum atomic E-state index is 14.2. The SMILES string of the molecule is O=C(Nc1ccc(F)c(N2CCOC2=O)c1)[C@H]1CCCN1C(=O)Cc1cccs1. The molecular weight excluding hydrogens is 397 g/mol. The number of anilines is 2. The summed E-state index contributed by atoms with van der Waals surface area (Å²) < 4.78 is 19.0. The van der Waals surface area contributed by atoms with E-state index in [1.807, 2.05) is 17.5 Å². The summed E-state index contributed by atoms with van der Waals surface area (Å²) in [6.07, 6.45) is 0.990. The molecule has 2 aliphatic heterocycles. The largest absolute Gasteiger partial charge is 0.447 e. The highest BCUT2D eigenvalue weighted by molar-refractivity contribution is 7.10. The molecule has 1 atom stereocenters. The van der Waals surface area contributed by atoms with Crippen LogP contribution in [0.5, 0.6) is 0 Å². The van der Waals surface area contributed by atoms with Gasteiger partial charge in [0, 0.05) is 17.1 Å². The molecule has 1 N–H and O–H groups in total. The van der Waals surface area contributed by atoms with E-state index < -0.39 is 18.0 Å². The van der Waals surface area contributed by atoms with Crippen molar-refractivity contribution in [3.8, 4) is 0 Å². The molecule has 7 nitrogen and oxygen atoms in total. The second-order valence-corrected chi connectivity index (χ2v) is 7.95. The maximum Gasteiger partial charge on any atom is 0.414 e. The Hall–Kier alpha value is -2.94. The first-order valence-corrected chi connectivity index (χ1v) is 10.3. The van der Waals surface area contributed by atoms with E-state index in [1.54, 1.807) is 4.90 Å². The molecule has 3 amide bonds. The molecule has 2 aromatic rings. The van der Waals surface area contributed by atoms with E-state index in [1.165, 1.54) is 34.4 Å². The van der Waals surface area contributed by atoms with E-state index in [9.17, 15) is 18.8 Å². The van der Waals surface area contributed by atoms with Crippen LogP contribution in [0.1, 0.15) is 17.7 Å². The number of amides is 3. The molecule has 2 aliphatic rings. The molecule has 0 radical (unpaired) electrons. The molecule has 1 aromatic carbocycles. The second kappa shape index (κ2) is 8.20. The number of hydrogen-bond donors (Lipinski definition) is 1. The molecule has 0 bridgehead atoms. The van der Waals surface area contributed by atoms with Crippen LogP contribution >= 0.6 is 11.3 Å². The molecular formula is C20H20FN3O4S. The van der Waals surface area contributed by atoms with E-state index in [0.717, 1.165) is 11.3 Å². The lowest BCUT2D eigenvalue weighted by Crippen LogP contribution is -2.43. The zero-order valence-corrected chi connectivity index (χ0v) is 16.4. The molecule has 2 saturated heterocycles. The fourth-order valence-electron chi connectivity index (χ4n) is 3.64. The van der Waals surface area contributed by atoms with Gasteiger partial charge in [0.25, 0.3) is 0 Å². The van der Waals surface area contributed by atoms with Gasteiger partial charge in [-0.25, -0.2) is 9.18 Å². The van der Waals surface area contributed by atoms with E-state index in [2.05, 4.69) is 5.32 Å². The molecule has 0 spiro atoms. The van der Waals surface area contributed by atoms with Gasteiger partial charge in [0.15, 0.2) is 0 Å². The number of nitrogens with zero attached hydrogens (tertiary/aromatic N) is 2. The summed E-state index contributed by atoms with van der Waals surface area (Å²) in [5, 5.41) is 4.67. The van der Waals surface area contributed by atoms with Gasteiger partial charge >= 0.3 is 6.09 Å². The third kappa shape index (κ3) is 4.09. The first-order chi connectivity index (χ1) is 14.0. The highest BCUT2D eigenvalue weighted by Gasteiger charge is 2.34. The van der Waals surface area contributed by atoms with Gasteiger partial charge in [-0.1, -0.05) is 6.07 Å². The van der Waals surface area contributed by atoms with Crippen LogP contribution in [-0.4, -0.2) is 48.5 Å². The predicted octanol–water partition coefficient (Wildman–Crippen LogP) is 3.02. The zero-order valence-electron chi connectivity index (χ0n) is 15.6. The Kier molecular flexibility index (Phi) is 5.48. The Balaban J connectivity index is 1.45. The van der Waals surface area contributed by atoms with Crippen molar-refractivity contribution in [1.29, 1.82) is 0 Å². The number of cyclic esters (lactones) is 1. The summed E-state index contributed by atoms with van der Waals surface area (Å²) in [4.78, 5) is 40.9. The van der Waals surface area contributed by atoms with Gasteiger partial charge < -0.3 is 15.0 Å². The minimum absolute atomic E-state index is 0.0577. The molecule has 0 unspecified atom stereocenters. The number of thiophene rings is 1. The van der Waals surface area contributed by atoms with Crippen molar-refractivity contribution in [3.05, 3.63) is 46.4 Å². The molecule has 4 rings (SSSR count). The molecule has 1 aromatic heterocycles. The van der Waals surface area contributed by atoms with Gasteiger partial charge in [-0.2, -0.15) is 0 Å². The molecule has 152 valence electrons. The van der Waals surface area contributed by atoms with Gasteiger partial charge in [-0.3, -0.25) is 14.5 Å². The smallest absolute Gasteiger partial charge is 0.414 e. The first kappa shape index (κ1) is 19.4. The Morgan fingerprint density at radius 2 is 2.14 bits per heavy atom. The van der Waals surface area contributed by atoms with Gasteiger partial charge in [-0.05, 0) is 42.5 Å². The maximum absolute atomic E-state index is 14.2. The number of rotatable bonds is 5. The lowest BCUT2D eigenvalue weighted by molar-refractivity contribution is -0.136. The standard InChI is InChI=1S/C20H20FN3O4S/c21-15-6-5-13(11-17(15)24-8-9-28-20(24)27)22-19(26)16-4-1-7-23(16)18(25)12-14-3-2-10-29-14/h2-3,5-6,10-11,16H,1,4,7-9,12H2,(H,22,26)/t16-/m1/s1. The van der Waals surface area contributed by atoms with Crippen molar-refractivity contribution < 1.29 is 23.5 Å². The second-order valence-electron chi connectivity index (χ2n) is 6.92. The van der Waals surface area contributed by atoms with Crippen LogP contribution in [0, 0.1) is 5.82 Å². The fourth-order valence-corrected chi connectivity index (χ4v) is 4.33. The van der Waals surface area contributed by atoms with Crippen molar-refractivity contribution in [1.82, 2.24) is 4.90 Å². The highest BCUT2D eigenvalue weighted by atomic mass is 32.1. The predicted molar refractivity (Wildman–Crippen MR) is 106 cm³/mol. The van der Waals surface area contributed by atoms with Gasteiger partial charge in [0.2, 0.25) is 11.8 Å². The molecule has 9 heteroatoms. The van der Waals surface area contributed by atoms with Crippen molar-refractivity contribution in [2.75, 3.05) is 29.9 Å². The summed E-state index contributed by atoms with van der Waals surface area (Å²) in [7, 11) is 0. The number of likely N-dealkylation sites (tertiary alicyclic amines) is 1. The number of nitrogens with one attached hydrogen (secondary N) is 1. The van der Waals surface area contributed by atoms with Crippen molar-refractivity contribution in [2.24, 2.45) is 0 Å².